The quantitative estimate of drug-likeness (QED) is 0.654. The Morgan fingerprint density at radius 2 is 2.18 bits per heavy atom. The van der Waals surface area contributed by atoms with Gasteiger partial charge >= 0.3 is 0 Å². The predicted molar refractivity (Wildman–Crippen MR) is 72.7 cm³/mol. The monoisotopic (exact) mass is 257 g/mol. The first-order valence-electron chi connectivity index (χ1n) is 6.16. The fraction of sp³-hybridized carbons (Fsp3) is 0.692. The largest absolute Gasteiger partial charge is 0.382 e. The van der Waals surface area contributed by atoms with E-state index in [-0.39, 0.29) is 0 Å². The first-order valence-corrected chi connectivity index (χ1v) is 7.11. The van der Waals surface area contributed by atoms with Crippen molar-refractivity contribution in [1.29, 1.82) is 0 Å². The molecule has 0 radical (unpaired) electrons. The van der Waals surface area contributed by atoms with Gasteiger partial charge in [-0.1, -0.05) is 0 Å². The molecule has 1 rings (SSSR count). The molecule has 1 heterocycles. The number of thiophene rings is 1. The number of unbranched alkanes of at least 4 members (excludes halogenated alkanes) is 1. The summed E-state index contributed by atoms with van der Waals surface area (Å²) in [5, 5.41) is 7.84. The topological polar surface area (TPSA) is 30.5 Å². The number of methoxy groups -OCH3 is 1. The SMILES string of the molecule is COCCOCCCCNC(C)c1ccsc1. The average molecular weight is 257 g/mol. The van der Waals surface area contributed by atoms with Crippen molar-refractivity contribution >= 4 is 11.3 Å². The highest BCUT2D eigenvalue weighted by Crippen LogP contribution is 2.15. The molecule has 0 saturated heterocycles. The number of hydrogen-bond acceptors (Lipinski definition) is 4. The van der Waals surface area contributed by atoms with Crippen molar-refractivity contribution in [2.75, 3.05) is 33.5 Å². The molecule has 0 aromatic carbocycles. The normalized spacial score (nSPS) is 12.8. The van der Waals surface area contributed by atoms with Gasteiger partial charge in [-0.15, -0.1) is 0 Å². The molecule has 0 aliphatic rings. The number of ether oxygens (including phenoxy) is 2. The fourth-order valence-electron chi connectivity index (χ4n) is 1.53. The highest BCUT2D eigenvalue weighted by molar-refractivity contribution is 7.07. The zero-order chi connectivity index (χ0) is 12.3. The van der Waals surface area contributed by atoms with E-state index < -0.39 is 0 Å². The van der Waals surface area contributed by atoms with Crippen LogP contribution in [0.5, 0.6) is 0 Å². The summed E-state index contributed by atoms with van der Waals surface area (Å²) in [5.74, 6) is 0. The van der Waals surface area contributed by atoms with Crippen LogP contribution in [0.15, 0.2) is 16.8 Å². The molecule has 0 aliphatic heterocycles. The average Bonchev–Trinajstić information content (AvgIpc) is 2.86. The maximum atomic E-state index is 5.40. The third-order valence-electron chi connectivity index (χ3n) is 2.64. The van der Waals surface area contributed by atoms with Crippen molar-refractivity contribution in [3.63, 3.8) is 0 Å². The molecule has 1 atom stereocenters. The van der Waals surface area contributed by atoms with E-state index in [0.717, 1.165) is 26.0 Å². The van der Waals surface area contributed by atoms with Crippen molar-refractivity contribution in [3.05, 3.63) is 22.4 Å². The van der Waals surface area contributed by atoms with Crippen LogP contribution >= 0.6 is 11.3 Å². The van der Waals surface area contributed by atoms with Gasteiger partial charge in [-0.2, -0.15) is 11.3 Å². The standard InChI is InChI=1S/C13H23NO2S/c1-12(13-5-10-17-11-13)14-6-3-4-7-16-9-8-15-2/h5,10-12,14H,3-4,6-9H2,1-2H3. The molecule has 0 bridgehead atoms. The van der Waals surface area contributed by atoms with Gasteiger partial charge in [-0.25, -0.2) is 0 Å². The molecule has 1 aromatic heterocycles. The maximum Gasteiger partial charge on any atom is 0.0700 e. The summed E-state index contributed by atoms with van der Waals surface area (Å²) in [4.78, 5) is 0. The minimum Gasteiger partial charge on any atom is -0.382 e. The van der Waals surface area contributed by atoms with E-state index in [1.54, 1.807) is 18.4 Å². The molecule has 0 fully saturated rings. The molecule has 0 amide bonds. The van der Waals surface area contributed by atoms with Crippen LogP contribution in [0, 0.1) is 0 Å². The zero-order valence-electron chi connectivity index (χ0n) is 10.8. The summed E-state index contributed by atoms with van der Waals surface area (Å²) in [6, 6.07) is 2.63. The van der Waals surface area contributed by atoms with Gasteiger partial charge in [0.25, 0.3) is 0 Å². The molecule has 1 unspecified atom stereocenters. The van der Waals surface area contributed by atoms with Crippen molar-refractivity contribution < 1.29 is 9.47 Å². The minimum absolute atomic E-state index is 0.454. The fourth-order valence-corrected chi connectivity index (χ4v) is 2.29. The second kappa shape index (κ2) is 9.59. The molecule has 3 nitrogen and oxygen atoms in total. The highest BCUT2D eigenvalue weighted by atomic mass is 32.1. The Kier molecular flexibility index (Phi) is 8.26. The van der Waals surface area contributed by atoms with Crippen LogP contribution in [0.4, 0.5) is 0 Å². The Morgan fingerprint density at radius 1 is 1.29 bits per heavy atom. The van der Waals surface area contributed by atoms with Crippen molar-refractivity contribution in [1.82, 2.24) is 5.32 Å². The summed E-state index contributed by atoms with van der Waals surface area (Å²) in [6.45, 7) is 5.47. The van der Waals surface area contributed by atoms with Crippen LogP contribution in [0.1, 0.15) is 31.4 Å². The Morgan fingerprint density at radius 3 is 2.88 bits per heavy atom. The lowest BCUT2D eigenvalue weighted by Gasteiger charge is -2.12. The van der Waals surface area contributed by atoms with Crippen molar-refractivity contribution in [2.45, 2.75) is 25.8 Å². The maximum absolute atomic E-state index is 5.40. The summed E-state index contributed by atoms with van der Waals surface area (Å²) < 4.78 is 10.3. The molecule has 1 N–H and O–H groups in total. The molecule has 0 aliphatic carbocycles. The summed E-state index contributed by atoms with van der Waals surface area (Å²) in [5.41, 5.74) is 1.38. The van der Waals surface area contributed by atoms with Gasteiger partial charge in [0.15, 0.2) is 0 Å². The van der Waals surface area contributed by atoms with Gasteiger partial charge in [0.1, 0.15) is 0 Å². The summed E-state index contributed by atoms with van der Waals surface area (Å²) in [7, 11) is 1.69. The number of rotatable bonds is 10. The minimum atomic E-state index is 0.454. The van der Waals surface area contributed by atoms with Crippen molar-refractivity contribution in [3.8, 4) is 0 Å². The molecule has 1 aromatic rings. The van der Waals surface area contributed by atoms with Crippen LogP contribution in [-0.2, 0) is 9.47 Å². The van der Waals surface area contributed by atoms with E-state index in [4.69, 9.17) is 9.47 Å². The van der Waals surface area contributed by atoms with E-state index in [9.17, 15) is 0 Å². The van der Waals surface area contributed by atoms with Gasteiger partial charge in [0, 0.05) is 19.8 Å². The summed E-state index contributed by atoms with van der Waals surface area (Å²) >= 11 is 1.75. The third-order valence-corrected chi connectivity index (χ3v) is 3.34. The smallest absolute Gasteiger partial charge is 0.0700 e. The van der Waals surface area contributed by atoms with Gasteiger partial charge in [0.2, 0.25) is 0 Å². The van der Waals surface area contributed by atoms with E-state index in [1.165, 1.54) is 5.56 Å². The van der Waals surface area contributed by atoms with Crippen LogP contribution in [0.3, 0.4) is 0 Å². The van der Waals surface area contributed by atoms with E-state index in [1.807, 2.05) is 0 Å². The summed E-state index contributed by atoms with van der Waals surface area (Å²) in [6.07, 6.45) is 2.26. The Bertz CT molecular complexity index is 264. The molecular formula is C13H23NO2S. The Labute approximate surface area is 108 Å². The molecule has 4 heteroatoms. The van der Waals surface area contributed by atoms with Crippen LogP contribution < -0.4 is 5.32 Å². The predicted octanol–water partition coefficient (Wildman–Crippen LogP) is 2.84. The van der Waals surface area contributed by atoms with Gasteiger partial charge in [-0.3, -0.25) is 0 Å². The van der Waals surface area contributed by atoms with Gasteiger partial charge < -0.3 is 14.8 Å². The van der Waals surface area contributed by atoms with Crippen LogP contribution in [0.25, 0.3) is 0 Å². The van der Waals surface area contributed by atoms with Crippen LogP contribution in [-0.4, -0.2) is 33.5 Å². The molecular weight excluding hydrogens is 234 g/mol. The number of hydrogen-bond donors (Lipinski definition) is 1. The molecule has 98 valence electrons. The number of nitrogens with one attached hydrogen (secondary N) is 1. The lowest BCUT2D eigenvalue weighted by Crippen LogP contribution is -2.19. The lowest BCUT2D eigenvalue weighted by atomic mass is 10.2. The van der Waals surface area contributed by atoms with E-state index >= 15 is 0 Å². The van der Waals surface area contributed by atoms with Gasteiger partial charge in [0.05, 0.1) is 13.2 Å². The van der Waals surface area contributed by atoms with E-state index in [0.29, 0.717) is 19.3 Å². The third kappa shape index (κ3) is 6.78. The Balaban J connectivity index is 1.90. The second-order valence-corrected chi connectivity index (χ2v) is 4.82. The highest BCUT2D eigenvalue weighted by Gasteiger charge is 2.03. The lowest BCUT2D eigenvalue weighted by molar-refractivity contribution is 0.0687. The molecule has 17 heavy (non-hydrogen) atoms. The van der Waals surface area contributed by atoms with Gasteiger partial charge in [-0.05, 0) is 48.7 Å². The van der Waals surface area contributed by atoms with E-state index in [2.05, 4.69) is 29.1 Å². The second-order valence-electron chi connectivity index (χ2n) is 4.04. The Hall–Kier alpha value is -0.420. The first kappa shape index (κ1) is 14.6. The first-order chi connectivity index (χ1) is 8.34. The molecule has 0 spiro atoms. The zero-order valence-corrected chi connectivity index (χ0v) is 11.6. The van der Waals surface area contributed by atoms with Crippen molar-refractivity contribution in [2.24, 2.45) is 0 Å². The molecule has 0 saturated carbocycles. The van der Waals surface area contributed by atoms with Crippen LogP contribution in [0.2, 0.25) is 0 Å².